The fourth-order valence-electron chi connectivity index (χ4n) is 2.39. The summed E-state index contributed by atoms with van der Waals surface area (Å²) in [6.45, 7) is 2.62. The minimum atomic E-state index is -4.34. The first-order chi connectivity index (χ1) is 9.34. The zero-order valence-corrected chi connectivity index (χ0v) is 11.5. The van der Waals surface area contributed by atoms with Crippen LogP contribution in [0.3, 0.4) is 0 Å². The fourth-order valence-corrected chi connectivity index (χ4v) is 2.39. The van der Waals surface area contributed by atoms with Gasteiger partial charge in [-0.1, -0.05) is 6.92 Å². The van der Waals surface area contributed by atoms with E-state index in [0.29, 0.717) is 17.6 Å². The highest BCUT2D eigenvalue weighted by Crippen LogP contribution is 2.32. The summed E-state index contributed by atoms with van der Waals surface area (Å²) in [6.07, 6.45) is -2.59. The third kappa shape index (κ3) is 2.80. The molecule has 0 aliphatic heterocycles. The van der Waals surface area contributed by atoms with Crippen LogP contribution in [0.2, 0.25) is 0 Å². The Balaban J connectivity index is 2.42. The van der Waals surface area contributed by atoms with Crippen molar-refractivity contribution >= 4 is 11.0 Å². The van der Waals surface area contributed by atoms with Crippen LogP contribution in [0, 0.1) is 0 Å². The summed E-state index contributed by atoms with van der Waals surface area (Å²) in [4.78, 5) is 4.36. The number of benzene rings is 1. The summed E-state index contributed by atoms with van der Waals surface area (Å²) in [5.41, 5.74) is 5.92. The van der Waals surface area contributed by atoms with Gasteiger partial charge >= 0.3 is 6.18 Å². The lowest BCUT2D eigenvalue weighted by Gasteiger charge is -2.10. The van der Waals surface area contributed by atoms with Crippen molar-refractivity contribution in [1.29, 1.82) is 0 Å². The van der Waals surface area contributed by atoms with Crippen LogP contribution in [0.25, 0.3) is 11.0 Å². The van der Waals surface area contributed by atoms with Gasteiger partial charge in [-0.3, -0.25) is 0 Å². The van der Waals surface area contributed by atoms with E-state index in [-0.39, 0.29) is 5.92 Å². The van der Waals surface area contributed by atoms with Gasteiger partial charge in [0.1, 0.15) is 5.82 Å². The van der Waals surface area contributed by atoms with Crippen LogP contribution in [-0.2, 0) is 13.2 Å². The number of aryl methyl sites for hydroxylation is 1. The zero-order valence-electron chi connectivity index (χ0n) is 11.5. The third-order valence-electron chi connectivity index (χ3n) is 3.52. The van der Waals surface area contributed by atoms with E-state index < -0.39 is 11.7 Å². The van der Waals surface area contributed by atoms with E-state index in [1.807, 2.05) is 18.5 Å². The summed E-state index contributed by atoms with van der Waals surface area (Å²) in [5.74, 6) is 0.970. The monoisotopic (exact) mass is 285 g/mol. The van der Waals surface area contributed by atoms with Crippen LogP contribution < -0.4 is 5.73 Å². The predicted molar refractivity (Wildman–Crippen MR) is 72.4 cm³/mol. The number of halogens is 3. The van der Waals surface area contributed by atoms with Crippen molar-refractivity contribution in [3.05, 3.63) is 29.6 Å². The predicted octanol–water partition coefficient (Wildman–Crippen LogP) is 3.43. The summed E-state index contributed by atoms with van der Waals surface area (Å²) in [5, 5.41) is 0. The smallest absolute Gasteiger partial charge is 0.331 e. The molecule has 110 valence electrons. The summed E-state index contributed by atoms with van der Waals surface area (Å²) in [6, 6.07) is 3.68. The lowest BCUT2D eigenvalue weighted by Crippen LogP contribution is -2.06. The highest BCUT2D eigenvalue weighted by atomic mass is 19.4. The van der Waals surface area contributed by atoms with Crippen LogP contribution in [0.4, 0.5) is 13.2 Å². The van der Waals surface area contributed by atoms with Crippen LogP contribution in [0.1, 0.15) is 37.1 Å². The van der Waals surface area contributed by atoms with Crippen molar-refractivity contribution in [3.8, 4) is 0 Å². The zero-order chi connectivity index (χ0) is 14.9. The molecule has 0 saturated heterocycles. The molecule has 0 spiro atoms. The van der Waals surface area contributed by atoms with Gasteiger partial charge in [0.05, 0.1) is 16.6 Å². The molecular weight excluding hydrogens is 267 g/mol. The van der Waals surface area contributed by atoms with E-state index in [0.717, 1.165) is 30.8 Å². The summed E-state index contributed by atoms with van der Waals surface area (Å²) in [7, 11) is 1.83. The Labute approximate surface area is 115 Å². The number of nitrogens with zero attached hydrogens (tertiary/aromatic N) is 2. The lowest BCUT2D eigenvalue weighted by molar-refractivity contribution is -0.137. The molecule has 20 heavy (non-hydrogen) atoms. The normalized spacial score (nSPS) is 13.9. The number of aromatic nitrogens is 2. The van der Waals surface area contributed by atoms with Crippen LogP contribution in [0.15, 0.2) is 18.2 Å². The lowest BCUT2D eigenvalue weighted by atomic mass is 10.1. The third-order valence-corrected chi connectivity index (χ3v) is 3.52. The minimum Gasteiger partial charge on any atom is -0.331 e. The topological polar surface area (TPSA) is 43.8 Å². The van der Waals surface area contributed by atoms with Crippen molar-refractivity contribution in [2.24, 2.45) is 12.8 Å². The molecule has 0 saturated carbocycles. The van der Waals surface area contributed by atoms with Crippen molar-refractivity contribution in [3.63, 3.8) is 0 Å². The molecule has 2 aromatic rings. The molecule has 3 nitrogen and oxygen atoms in total. The molecule has 0 aliphatic rings. The van der Waals surface area contributed by atoms with E-state index >= 15 is 0 Å². The standard InChI is InChI=1S/C14H18F3N3/c1-9(4-3-7-18)13-19-11-8-10(14(15,16)17)5-6-12(11)20(13)2/h5-6,8-9H,3-4,7,18H2,1-2H3. The Morgan fingerprint density at radius 3 is 2.65 bits per heavy atom. The summed E-state index contributed by atoms with van der Waals surface area (Å²) < 4.78 is 40.0. The van der Waals surface area contributed by atoms with E-state index in [1.54, 1.807) is 0 Å². The van der Waals surface area contributed by atoms with E-state index in [1.165, 1.54) is 6.07 Å². The second-order valence-corrected chi connectivity index (χ2v) is 5.06. The Morgan fingerprint density at radius 1 is 1.35 bits per heavy atom. The van der Waals surface area contributed by atoms with Gasteiger partial charge in [0.25, 0.3) is 0 Å². The van der Waals surface area contributed by atoms with E-state index in [9.17, 15) is 13.2 Å². The quantitative estimate of drug-likeness (QED) is 0.935. The molecule has 0 fully saturated rings. The molecule has 1 atom stereocenters. The largest absolute Gasteiger partial charge is 0.416 e. The average Bonchev–Trinajstić information content (AvgIpc) is 2.72. The van der Waals surface area contributed by atoms with E-state index in [2.05, 4.69) is 4.98 Å². The number of hydrogen-bond donors (Lipinski definition) is 1. The number of alkyl halides is 3. The Kier molecular flexibility index (Phi) is 4.04. The Hall–Kier alpha value is -1.56. The van der Waals surface area contributed by atoms with Crippen LogP contribution >= 0.6 is 0 Å². The first-order valence-electron chi connectivity index (χ1n) is 6.58. The van der Waals surface area contributed by atoms with Gasteiger partial charge in [-0.15, -0.1) is 0 Å². The molecular formula is C14H18F3N3. The minimum absolute atomic E-state index is 0.172. The highest BCUT2D eigenvalue weighted by molar-refractivity contribution is 5.77. The number of nitrogens with two attached hydrogens (primary N) is 1. The van der Waals surface area contributed by atoms with Gasteiger partial charge in [0.2, 0.25) is 0 Å². The molecule has 0 aliphatic carbocycles. The molecule has 2 N–H and O–H groups in total. The van der Waals surface area contributed by atoms with Gasteiger partial charge < -0.3 is 10.3 Å². The second-order valence-electron chi connectivity index (χ2n) is 5.06. The Morgan fingerprint density at radius 2 is 2.05 bits per heavy atom. The Bertz CT molecular complexity index is 601. The molecule has 0 amide bonds. The van der Waals surface area contributed by atoms with Crippen LogP contribution in [0.5, 0.6) is 0 Å². The van der Waals surface area contributed by atoms with Crippen LogP contribution in [-0.4, -0.2) is 16.1 Å². The van der Waals surface area contributed by atoms with Crippen molar-refractivity contribution < 1.29 is 13.2 Å². The van der Waals surface area contributed by atoms with Gasteiger partial charge in [-0.2, -0.15) is 13.2 Å². The molecule has 1 heterocycles. The van der Waals surface area contributed by atoms with Gasteiger partial charge in [-0.25, -0.2) is 4.98 Å². The first kappa shape index (κ1) is 14.8. The van der Waals surface area contributed by atoms with E-state index in [4.69, 9.17) is 5.73 Å². The van der Waals surface area contributed by atoms with Gasteiger partial charge in [0.15, 0.2) is 0 Å². The summed E-state index contributed by atoms with van der Waals surface area (Å²) >= 11 is 0. The van der Waals surface area contributed by atoms with Gasteiger partial charge in [0, 0.05) is 13.0 Å². The number of rotatable bonds is 4. The number of imidazole rings is 1. The van der Waals surface area contributed by atoms with Gasteiger partial charge in [-0.05, 0) is 37.6 Å². The van der Waals surface area contributed by atoms with Crippen molar-refractivity contribution in [2.75, 3.05) is 6.54 Å². The molecule has 1 unspecified atom stereocenters. The molecule has 1 aromatic heterocycles. The molecule has 0 radical (unpaired) electrons. The maximum absolute atomic E-state index is 12.7. The maximum Gasteiger partial charge on any atom is 0.416 e. The highest BCUT2D eigenvalue weighted by Gasteiger charge is 2.31. The molecule has 1 aromatic carbocycles. The van der Waals surface area contributed by atoms with Crippen molar-refractivity contribution in [1.82, 2.24) is 9.55 Å². The first-order valence-corrected chi connectivity index (χ1v) is 6.58. The molecule has 6 heteroatoms. The number of hydrogen-bond acceptors (Lipinski definition) is 2. The van der Waals surface area contributed by atoms with Crippen molar-refractivity contribution in [2.45, 2.75) is 31.9 Å². The SMILES string of the molecule is CC(CCCN)c1nc2cc(C(F)(F)F)ccc2n1C. The fraction of sp³-hybridized carbons (Fsp3) is 0.500. The molecule has 2 rings (SSSR count). The number of fused-ring (bicyclic) bond motifs is 1. The maximum atomic E-state index is 12.7. The second kappa shape index (κ2) is 5.44. The molecule has 0 bridgehead atoms. The average molecular weight is 285 g/mol.